The Morgan fingerprint density at radius 1 is 1.36 bits per heavy atom. The van der Waals surface area contributed by atoms with Crippen LogP contribution < -0.4 is 4.90 Å². The van der Waals surface area contributed by atoms with Crippen LogP contribution in [0, 0.1) is 0 Å². The molecule has 6 nitrogen and oxygen atoms in total. The van der Waals surface area contributed by atoms with Crippen LogP contribution in [0.2, 0.25) is 0 Å². The maximum absolute atomic E-state index is 12.9. The molecule has 3 rings (SSSR count). The summed E-state index contributed by atoms with van der Waals surface area (Å²) in [4.78, 5) is 38.5. The summed E-state index contributed by atoms with van der Waals surface area (Å²) in [6, 6.07) is 6.96. The van der Waals surface area contributed by atoms with E-state index in [1.54, 1.807) is 29.2 Å². The highest BCUT2D eigenvalue weighted by Gasteiger charge is 2.38. The molecule has 25 heavy (non-hydrogen) atoms. The second-order valence-electron chi connectivity index (χ2n) is 6.07. The molecule has 1 aromatic carbocycles. The quantitative estimate of drug-likeness (QED) is 0.476. The highest BCUT2D eigenvalue weighted by atomic mass is 17.2. The molecule has 6 heteroatoms. The van der Waals surface area contributed by atoms with Gasteiger partial charge >= 0.3 is 6.09 Å². The average Bonchev–Trinajstić information content (AvgIpc) is 2.97. The van der Waals surface area contributed by atoms with Gasteiger partial charge in [0.25, 0.3) is 5.91 Å². The van der Waals surface area contributed by atoms with Crippen molar-refractivity contribution in [1.29, 1.82) is 0 Å². The van der Waals surface area contributed by atoms with Crippen LogP contribution in [-0.4, -0.2) is 36.1 Å². The molecule has 0 fully saturated rings. The van der Waals surface area contributed by atoms with Crippen LogP contribution in [0.15, 0.2) is 48.2 Å². The number of para-hydroxylation sites is 1. The summed E-state index contributed by atoms with van der Waals surface area (Å²) in [5, 5.41) is 0. The van der Waals surface area contributed by atoms with Gasteiger partial charge in [-0.1, -0.05) is 31.2 Å². The molecule has 0 saturated heterocycles. The number of anilines is 1. The van der Waals surface area contributed by atoms with Gasteiger partial charge in [-0.2, -0.15) is 4.89 Å². The van der Waals surface area contributed by atoms with E-state index < -0.39 is 6.09 Å². The van der Waals surface area contributed by atoms with Crippen molar-refractivity contribution in [3.63, 3.8) is 0 Å². The summed E-state index contributed by atoms with van der Waals surface area (Å²) in [6.45, 7) is 4.56. The molecule has 132 valence electrons. The van der Waals surface area contributed by atoms with E-state index in [1.165, 1.54) is 4.90 Å². The number of carbonyl (C=O) groups is 2. The summed E-state index contributed by atoms with van der Waals surface area (Å²) in [7, 11) is 0. The minimum Gasteiger partial charge on any atom is -0.309 e. The SMILES string of the molecule is C/C=C/C1=CN2C(=O)c3ccccc3N(C(=O)OOCCC)CC2C1. The van der Waals surface area contributed by atoms with E-state index in [1.807, 2.05) is 32.2 Å². The fourth-order valence-electron chi connectivity index (χ4n) is 3.14. The van der Waals surface area contributed by atoms with E-state index in [9.17, 15) is 9.59 Å². The van der Waals surface area contributed by atoms with Gasteiger partial charge in [0.2, 0.25) is 0 Å². The van der Waals surface area contributed by atoms with Crippen molar-refractivity contribution in [3.8, 4) is 0 Å². The first-order valence-corrected chi connectivity index (χ1v) is 8.51. The van der Waals surface area contributed by atoms with Gasteiger partial charge in [0.05, 0.1) is 30.4 Å². The van der Waals surface area contributed by atoms with E-state index in [2.05, 4.69) is 0 Å². The van der Waals surface area contributed by atoms with E-state index >= 15 is 0 Å². The summed E-state index contributed by atoms with van der Waals surface area (Å²) >= 11 is 0. The smallest absolute Gasteiger partial charge is 0.309 e. The zero-order valence-electron chi connectivity index (χ0n) is 14.5. The van der Waals surface area contributed by atoms with E-state index in [0.29, 0.717) is 30.8 Å². The van der Waals surface area contributed by atoms with Gasteiger partial charge in [0.1, 0.15) is 0 Å². The maximum Gasteiger partial charge on any atom is 0.445 e. The van der Waals surface area contributed by atoms with Gasteiger partial charge in [-0.25, -0.2) is 4.79 Å². The van der Waals surface area contributed by atoms with Crippen molar-refractivity contribution >= 4 is 17.7 Å². The number of rotatable bonds is 4. The number of hydrogen-bond acceptors (Lipinski definition) is 4. The van der Waals surface area contributed by atoms with Gasteiger partial charge in [-0.05, 0) is 37.5 Å². The molecule has 0 N–H and O–H groups in total. The summed E-state index contributed by atoms with van der Waals surface area (Å²) < 4.78 is 0. The maximum atomic E-state index is 12.9. The first-order chi connectivity index (χ1) is 12.2. The number of benzene rings is 1. The lowest BCUT2D eigenvalue weighted by Gasteiger charge is -2.24. The molecule has 0 aromatic heterocycles. The van der Waals surface area contributed by atoms with Crippen LogP contribution in [0.1, 0.15) is 37.0 Å². The van der Waals surface area contributed by atoms with E-state index in [0.717, 1.165) is 12.0 Å². The third-order valence-electron chi connectivity index (χ3n) is 4.24. The Morgan fingerprint density at radius 2 is 2.16 bits per heavy atom. The first-order valence-electron chi connectivity index (χ1n) is 8.51. The summed E-state index contributed by atoms with van der Waals surface area (Å²) in [5.74, 6) is -0.107. The van der Waals surface area contributed by atoms with Gasteiger partial charge < -0.3 is 4.90 Å². The van der Waals surface area contributed by atoms with Crippen molar-refractivity contribution in [2.75, 3.05) is 18.1 Å². The van der Waals surface area contributed by atoms with Crippen molar-refractivity contribution < 1.29 is 19.4 Å². The molecule has 0 spiro atoms. The lowest BCUT2D eigenvalue weighted by Crippen LogP contribution is -2.41. The van der Waals surface area contributed by atoms with Gasteiger partial charge in [0, 0.05) is 6.20 Å². The molecular weight excluding hydrogens is 320 g/mol. The van der Waals surface area contributed by atoms with Crippen molar-refractivity contribution in [3.05, 3.63) is 53.8 Å². The predicted octanol–water partition coefficient (Wildman–Crippen LogP) is 3.66. The molecule has 0 bridgehead atoms. The monoisotopic (exact) mass is 342 g/mol. The largest absolute Gasteiger partial charge is 0.445 e. The lowest BCUT2D eigenvalue weighted by molar-refractivity contribution is -0.236. The van der Waals surface area contributed by atoms with Crippen LogP contribution >= 0.6 is 0 Å². The number of carbonyl (C=O) groups excluding carboxylic acids is 2. The minimum absolute atomic E-state index is 0.107. The number of hydrogen-bond donors (Lipinski definition) is 0. The van der Waals surface area contributed by atoms with Crippen molar-refractivity contribution in [2.24, 2.45) is 0 Å². The molecule has 2 aliphatic rings. The number of fused-ring (bicyclic) bond motifs is 2. The minimum atomic E-state index is -0.602. The highest BCUT2D eigenvalue weighted by Crippen LogP contribution is 2.33. The van der Waals surface area contributed by atoms with Gasteiger partial charge in [0.15, 0.2) is 0 Å². The van der Waals surface area contributed by atoms with Gasteiger partial charge in [-0.3, -0.25) is 14.6 Å². The summed E-state index contributed by atoms with van der Waals surface area (Å²) in [5.41, 5.74) is 2.10. The number of amides is 2. The normalized spacial score (nSPS) is 19.5. The number of nitrogens with zero attached hydrogens (tertiary/aromatic N) is 2. The van der Waals surface area contributed by atoms with E-state index in [4.69, 9.17) is 9.78 Å². The second-order valence-corrected chi connectivity index (χ2v) is 6.07. The Hall–Kier alpha value is -2.60. The van der Waals surface area contributed by atoms with E-state index in [-0.39, 0.29) is 11.9 Å². The molecular formula is C19H22N2O4. The van der Waals surface area contributed by atoms with Gasteiger partial charge in [-0.15, -0.1) is 0 Å². The van der Waals surface area contributed by atoms with Crippen LogP contribution in [0.25, 0.3) is 0 Å². The molecule has 0 saturated carbocycles. The molecule has 1 unspecified atom stereocenters. The standard InChI is InChI=1S/C19H22N2O4/c1-3-7-14-11-15-13-21(19(23)25-24-10-4-2)17-9-6-5-8-16(17)18(22)20(15)12-14/h3,5-9,12,15H,4,10-11,13H2,1-2H3/b7-3+. The van der Waals surface area contributed by atoms with Crippen molar-refractivity contribution in [2.45, 2.75) is 32.7 Å². The summed E-state index contributed by atoms with van der Waals surface area (Å²) in [6.07, 6.45) is 6.64. The molecule has 1 aromatic rings. The fraction of sp³-hybridized carbons (Fsp3) is 0.368. The topological polar surface area (TPSA) is 59.1 Å². The Labute approximate surface area is 147 Å². The molecule has 2 amide bonds. The van der Waals surface area contributed by atoms with Crippen LogP contribution in [0.5, 0.6) is 0 Å². The molecule has 2 aliphatic heterocycles. The Kier molecular flexibility index (Phi) is 5.19. The van der Waals surface area contributed by atoms with Crippen LogP contribution in [0.4, 0.5) is 10.5 Å². The zero-order valence-corrected chi connectivity index (χ0v) is 14.5. The molecule has 0 aliphatic carbocycles. The average molecular weight is 342 g/mol. The zero-order chi connectivity index (χ0) is 17.8. The lowest BCUT2D eigenvalue weighted by atomic mass is 10.1. The molecule has 1 atom stereocenters. The second kappa shape index (κ2) is 7.53. The Morgan fingerprint density at radius 3 is 2.92 bits per heavy atom. The molecule has 2 heterocycles. The fourth-order valence-corrected chi connectivity index (χ4v) is 3.14. The molecule has 0 radical (unpaired) electrons. The Balaban J connectivity index is 1.92. The first kappa shape index (κ1) is 17.2. The predicted molar refractivity (Wildman–Crippen MR) is 94.0 cm³/mol. The van der Waals surface area contributed by atoms with Crippen LogP contribution in [0.3, 0.4) is 0 Å². The van der Waals surface area contributed by atoms with Crippen molar-refractivity contribution in [1.82, 2.24) is 4.90 Å². The Bertz CT molecular complexity index is 726. The highest BCUT2D eigenvalue weighted by molar-refractivity contribution is 6.05. The third kappa shape index (κ3) is 3.44. The number of allylic oxidation sites excluding steroid dienone is 2. The third-order valence-corrected chi connectivity index (χ3v) is 4.24. The van der Waals surface area contributed by atoms with Crippen LogP contribution in [-0.2, 0) is 9.78 Å².